The fraction of sp³-hybridized carbons (Fsp3) is 0.214. The van der Waals surface area contributed by atoms with Crippen molar-refractivity contribution in [3.63, 3.8) is 0 Å². The van der Waals surface area contributed by atoms with E-state index in [-0.39, 0.29) is 17.1 Å². The van der Waals surface area contributed by atoms with Crippen LogP contribution in [0.15, 0.2) is 30.6 Å². The van der Waals surface area contributed by atoms with Gasteiger partial charge in [-0.15, -0.1) is 0 Å². The zero-order valence-electron chi connectivity index (χ0n) is 11.6. The molecule has 0 fully saturated rings. The predicted octanol–water partition coefficient (Wildman–Crippen LogP) is 1.70. The van der Waals surface area contributed by atoms with Crippen molar-refractivity contribution in [3.8, 4) is 5.75 Å². The van der Waals surface area contributed by atoms with Gasteiger partial charge in [0.05, 0.1) is 18.7 Å². The Balaban J connectivity index is 2.25. The molecular formula is C14H15FN4O2. The molecule has 0 saturated carbocycles. The summed E-state index contributed by atoms with van der Waals surface area (Å²) in [6.45, 7) is 1.64. The van der Waals surface area contributed by atoms with Crippen LogP contribution >= 0.6 is 0 Å². The van der Waals surface area contributed by atoms with Crippen molar-refractivity contribution in [2.45, 2.75) is 13.0 Å². The van der Waals surface area contributed by atoms with Crippen LogP contribution < -0.4 is 15.8 Å². The maximum Gasteiger partial charge on any atom is 0.274 e. The second-order valence-electron chi connectivity index (χ2n) is 4.34. The number of benzene rings is 1. The minimum absolute atomic E-state index is 0.000318. The number of ether oxygens (including phenoxy) is 1. The molecule has 1 heterocycles. The molecule has 0 radical (unpaired) electrons. The molecule has 1 aromatic heterocycles. The zero-order chi connectivity index (χ0) is 15.4. The summed E-state index contributed by atoms with van der Waals surface area (Å²) in [5.41, 5.74) is 5.85. The number of rotatable bonds is 4. The number of anilines is 1. The van der Waals surface area contributed by atoms with Gasteiger partial charge < -0.3 is 15.8 Å². The molecule has 1 aromatic carbocycles. The standard InChI is InChI=1S/C14H15FN4O2/c1-8(11-9(15)4-3-5-10(11)21-2)19-14(20)12-13(16)18-7-6-17-12/h3-8H,1-2H3,(H2,16,18)(H,19,20). The third-order valence-corrected chi connectivity index (χ3v) is 2.96. The van der Waals surface area contributed by atoms with Crippen molar-refractivity contribution in [1.29, 1.82) is 0 Å². The summed E-state index contributed by atoms with van der Waals surface area (Å²) in [6, 6.07) is 3.84. The summed E-state index contributed by atoms with van der Waals surface area (Å²) >= 11 is 0. The van der Waals surface area contributed by atoms with E-state index in [1.807, 2.05) is 0 Å². The first-order chi connectivity index (χ1) is 10.0. The van der Waals surface area contributed by atoms with E-state index >= 15 is 0 Å². The van der Waals surface area contributed by atoms with E-state index in [0.29, 0.717) is 5.75 Å². The molecule has 0 spiro atoms. The van der Waals surface area contributed by atoms with Crippen molar-refractivity contribution < 1.29 is 13.9 Å². The Morgan fingerprint density at radius 3 is 2.76 bits per heavy atom. The fourth-order valence-electron chi connectivity index (χ4n) is 1.98. The number of aromatic nitrogens is 2. The minimum atomic E-state index is -0.616. The normalized spacial score (nSPS) is 11.8. The maximum absolute atomic E-state index is 13.9. The molecule has 1 unspecified atom stereocenters. The van der Waals surface area contributed by atoms with Crippen molar-refractivity contribution in [1.82, 2.24) is 15.3 Å². The van der Waals surface area contributed by atoms with Gasteiger partial charge in [-0.1, -0.05) is 6.07 Å². The molecule has 0 aliphatic rings. The smallest absolute Gasteiger partial charge is 0.274 e. The number of hydrogen-bond acceptors (Lipinski definition) is 5. The van der Waals surface area contributed by atoms with Gasteiger partial charge in [-0.2, -0.15) is 0 Å². The summed E-state index contributed by atoms with van der Waals surface area (Å²) < 4.78 is 19.1. The topological polar surface area (TPSA) is 90.1 Å². The first kappa shape index (κ1) is 14.7. The van der Waals surface area contributed by atoms with Crippen LogP contribution in [-0.4, -0.2) is 23.0 Å². The minimum Gasteiger partial charge on any atom is -0.496 e. The highest BCUT2D eigenvalue weighted by Gasteiger charge is 2.20. The van der Waals surface area contributed by atoms with Crippen LogP contribution in [0.1, 0.15) is 29.0 Å². The van der Waals surface area contributed by atoms with Crippen LogP contribution in [-0.2, 0) is 0 Å². The van der Waals surface area contributed by atoms with Crippen molar-refractivity contribution in [2.24, 2.45) is 0 Å². The SMILES string of the molecule is COc1cccc(F)c1C(C)NC(=O)c1nccnc1N. The zero-order valence-corrected chi connectivity index (χ0v) is 11.6. The summed E-state index contributed by atoms with van der Waals surface area (Å²) in [7, 11) is 1.44. The number of carbonyl (C=O) groups is 1. The van der Waals surface area contributed by atoms with Crippen LogP contribution in [0.2, 0.25) is 0 Å². The van der Waals surface area contributed by atoms with Gasteiger partial charge in [0, 0.05) is 12.4 Å². The molecule has 7 heteroatoms. The van der Waals surface area contributed by atoms with Gasteiger partial charge >= 0.3 is 0 Å². The monoisotopic (exact) mass is 290 g/mol. The Labute approximate surface area is 121 Å². The lowest BCUT2D eigenvalue weighted by molar-refractivity contribution is 0.0934. The maximum atomic E-state index is 13.9. The van der Waals surface area contributed by atoms with Crippen molar-refractivity contribution in [2.75, 3.05) is 12.8 Å². The Hall–Kier alpha value is -2.70. The highest BCUT2D eigenvalue weighted by molar-refractivity contribution is 5.96. The summed E-state index contributed by atoms with van der Waals surface area (Å²) in [5, 5.41) is 2.63. The Morgan fingerprint density at radius 2 is 2.10 bits per heavy atom. The van der Waals surface area contributed by atoms with E-state index in [1.165, 1.54) is 31.6 Å². The number of nitrogens with two attached hydrogens (primary N) is 1. The van der Waals surface area contributed by atoms with E-state index in [0.717, 1.165) is 0 Å². The van der Waals surface area contributed by atoms with Gasteiger partial charge in [0.15, 0.2) is 11.5 Å². The predicted molar refractivity (Wildman–Crippen MR) is 75.3 cm³/mol. The van der Waals surface area contributed by atoms with E-state index in [1.54, 1.807) is 13.0 Å². The Kier molecular flexibility index (Phi) is 4.32. The lowest BCUT2D eigenvalue weighted by atomic mass is 10.1. The van der Waals surface area contributed by atoms with Gasteiger partial charge in [0.2, 0.25) is 0 Å². The average molecular weight is 290 g/mol. The molecule has 0 aliphatic carbocycles. The van der Waals surface area contributed by atoms with E-state index in [2.05, 4.69) is 15.3 Å². The van der Waals surface area contributed by atoms with Crippen LogP contribution in [0, 0.1) is 5.82 Å². The first-order valence-electron chi connectivity index (χ1n) is 6.24. The molecular weight excluding hydrogens is 275 g/mol. The molecule has 1 atom stereocenters. The fourth-order valence-corrected chi connectivity index (χ4v) is 1.98. The molecule has 3 N–H and O–H groups in total. The van der Waals surface area contributed by atoms with E-state index < -0.39 is 17.8 Å². The molecule has 2 aromatic rings. The molecule has 0 bridgehead atoms. The summed E-state index contributed by atoms with van der Waals surface area (Å²) in [4.78, 5) is 19.8. The second kappa shape index (κ2) is 6.17. The van der Waals surface area contributed by atoms with Crippen LogP contribution in [0.4, 0.5) is 10.2 Å². The number of nitrogens with one attached hydrogen (secondary N) is 1. The van der Waals surface area contributed by atoms with E-state index in [4.69, 9.17) is 10.5 Å². The molecule has 110 valence electrons. The number of hydrogen-bond donors (Lipinski definition) is 2. The Bertz CT molecular complexity index is 663. The molecule has 6 nitrogen and oxygen atoms in total. The lowest BCUT2D eigenvalue weighted by Crippen LogP contribution is -2.29. The average Bonchev–Trinajstić information content (AvgIpc) is 2.46. The molecule has 2 rings (SSSR count). The van der Waals surface area contributed by atoms with Crippen LogP contribution in [0.3, 0.4) is 0 Å². The summed E-state index contributed by atoms with van der Waals surface area (Å²) in [5.74, 6) is -0.620. The molecule has 21 heavy (non-hydrogen) atoms. The summed E-state index contributed by atoms with van der Waals surface area (Å²) in [6.07, 6.45) is 2.75. The number of halogens is 1. The number of carbonyl (C=O) groups excluding carboxylic acids is 1. The first-order valence-corrected chi connectivity index (χ1v) is 6.24. The van der Waals surface area contributed by atoms with Gasteiger partial charge in [-0.3, -0.25) is 4.79 Å². The van der Waals surface area contributed by atoms with Crippen molar-refractivity contribution in [3.05, 3.63) is 47.7 Å². The number of nitrogen functional groups attached to an aromatic ring is 1. The molecule has 1 amide bonds. The van der Waals surface area contributed by atoms with E-state index in [9.17, 15) is 9.18 Å². The van der Waals surface area contributed by atoms with Crippen LogP contribution in [0.5, 0.6) is 5.75 Å². The highest BCUT2D eigenvalue weighted by atomic mass is 19.1. The third-order valence-electron chi connectivity index (χ3n) is 2.96. The Morgan fingerprint density at radius 1 is 1.38 bits per heavy atom. The number of amides is 1. The highest BCUT2D eigenvalue weighted by Crippen LogP contribution is 2.27. The second-order valence-corrected chi connectivity index (χ2v) is 4.34. The number of nitrogens with zero attached hydrogens (tertiary/aromatic N) is 2. The van der Waals surface area contributed by atoms with Gasteiger partial charge in [0.1, 0.15) is 11.6 Å². The number of methoxy groups -OCH3 is 1. The molecule has 0 saturated heterocycles. The van der Waals surface area contributed by atoms with Crippen molar-refractivity contribution >= 4 is 11.7 Å². The van der Waals surface area contributed by atoms with Crippen LogP contribution in [0.25, 0.3) is 0 Å². The largest absolute Gasteiger partial charge is 0.496 e. The van der Waals surface area contributed by atoms with Gasteiger partial charge in [-0.05, 0) is 19.1 Å². The lowest BCUT2D eigenvalue weighted by Gasteiger charge is -2.18. The van der Waals surface area contributed by atoms with Gasteiger partial charge in [0.25, 0.3) is 5.91 Å². The molecule has 0 aliphatic heterocycles. The third kappa shape index (κ3) is 3.07. The quantitative estimate of drug-likeness (QED) is 0.894. The van der Waals surface area contributed by atoms with Gasteiger partial charge in [-0.25, -0.2) is 14.4 Å².